The van der Waals surface area contributed by atoms with E-state index in [2.05, 4.69) is 37.5 Å². The molecular weight excluding hydrogens is 383 g/mol. The number of carbonyl (C=O) groups is 1. The van der Waals surface area contributed by atoms with Crippen molar-refractivity contribution in [1.29, 1.82) is 0 Å². The van der Waals surface area contributed by atoms with Gasteiger partial charge in [0.25, 0.3) is 0 Å². The highest BCUT2D eigenvalue weighted by molar-refractivity contribution is 6.03. The topological polar surface area (TPSA) is 53.0 Å². The highest BCUT2D eigenvalue weighted by Crippen LogP contribution is 2.42. The van der Waals surface area contributed by atoms with Crippen LogP contribution in [0.4, 0.5) is 4.39 Å². The zero-order valence-corrected chi connectivity index (χ0v) is 18.6. The van der Waals surface area contributed by atoms with Crippen LogP contribution in [0.15, 0.2) is 41.1 Å². The summed E-state index contributed by atoms with van der Waals surface area (Å²) in [5, 5.41) is 10.3. The molecule has 1 saturated heterocycles. The quantitative estimate of drug-likeness (QED) is 0.763. The number of carboxylic acid groups (broad SMARTS) is 1. The second kappa shape index (κ2) is 9.31. The number of rotatable bonds is 6. The van der Waals surface area contributed by atoms with Crippen molar-refractivity contribution < 1.29 is 19.0 Å². The summed E-state index contributed by atoms with van der Waals surface area (Å²) in [7, 11) is 2.00. The Hall–Kier alpha value is -2.18. The maximum atomic E-state index is 13.7. The summed E-state index contributed by atoms with van der Waals surface area (Å²) >= 11 is 0. The Morgan fingerprint density at radius 3 is 2.27 bits per heavy atom. The Balaban J connectivity index is 2.26. The first-order chi connectivity index (χ1) is 14.2. The summed E-state index contributed by atoms with van der Waals surface area (Å²) in [4.78, 5) is 17.0. The maximum absolute atomic E-state index is 13.7. The zero-order valence-electron chi connectivity index (χ0n) is 18.6. The van der Waals surface area contributed by atoms with Crippen LogP contribution in [0, 0.1) is 17.7 Å². The number of hydrogen-bond donors (Lipinski definition) is 1. The van der Waals surface area contributed by atoms with E-state index in [-0.39, 0.29) is 23.7 Å². The van der Waals surface area contributed by atoms with Crippen LogP contribution in [0.1, 0.15) is 33.3 Å². The standard InChI is InChI=1S/C24H33FN2O3/c1-15(2)22-19(14-27-10-12-30-13-11-27)20(17-6-8-18(25)9-7-17)21(24(28)29)23(16(3)4)26(22)5/h6-9,15-16,23H,10-14H2,1-5H3,(H,28,29). The Labute approximate surface area is 178 Å². The van der Waals surface area contributed by atoms with Crippen molar-refractivity contribution in [1.82, 2.24) is 9.80 Å². The highest BCUT2D eigenvalue weighted by Gasteiger charge is 2.39. The van der Waals surface area contributed by atoms with Gasteiger partial charge in [-0.15, -0.1) is 0 Å². The lowest BCUT2D eigenvalue weighted by Crippen LogP contribution is -2.46. The van der Waals surface area contributed by atoms with E-state index in [1.54, 1.807) is 12.1 Å². The van der Waals surface area contributed by atoms with Crippen molar-refractivity contribution >= 4 is 11.5 Å². The van der Waals surface area contributed by atoms with Gasteiger partial charge in [0, 0.05) is 38.0 Å². The van der Waals surface area contributed by atoms with Crippen LogP contribution in [0.25, 0.3) is 5.57 Å². The Morgan fingerprint density at radius 2 is 1.77 bits per heavy atom. The molecule has 2 heterocycles. The number of aliphatic carboxylic acids is 1. The first-order valence-corrected chi connectivity index (χ1v) is 10.7. The molecule has 2 aliphatic heterocycles. The van der Waals surface area contributed by atoms with Gasteiger partial charge in [0.1, 0.15) is 5.82 Å². The molecule has 0 aliphatic carbocycles. The Bertz CT molecular complexity index is 837. The van der Waals surface area contributed by atoms with Crippen LogP contribution in [-0.4, -0.2) is 66.8 Å². The number of hydrogen-bond acceptors (Lipinski definition) is 4. The van der Waals surface area contributed by atoms with Gasteiger partial charge < -0.3 is 14.7 Å². The summed E-state index contributed by atoms with van der Waals surface area (Å²) in [6, 6.07) is 5.97. The lowest BCUT2D eigenvalue weighted by molar-refractivity contribution is -0.133. The number of allylic oxidation sites excluding steroid dienone is 1. The molecule has 30 heavy (non-hydrogen) atoms. The molecule has 0 bridgehead atoms. The van der Waals surface area contributed by atoms with Crippen LogP contribution in [0.3, 0.4) is 0 Å². The van der Waals surface area contributed by atoms with Crippen molar-refractivity contribution in [3.8, 4) is 0 Å². The molecule has 3 rings (SSSR count). The lowest BCUT2D eigenvalue weighted by Gasteiger charge is -2.44. The molecule has 0 spiro atoms. The molecule has 2 aliphatic rings. The van der Waals surface area contributed by atoms with E-state index >= 15 is 0 Å². The Morgan fingerprint density at radius 1 is 1.17 bits per heavy atom. The smallest absolute Gasteiger partial charge is 0.334 e. The highest BCUT2D eigenvalue weighted by atomic mass is 19.1. The van der Waals surface area contributed by atoms with Crippen molar-refractivity contribution in [2.24, 2.45) is 11.8 Å². The third-order valence-corrected chi connectivity index (χ3v) is 6.00. The van der Waals surface area contributed by atoms with Gasteiger partial charge in [0.2, 0.25) is 0 Å². The molecule has 6 heteroatoms. The molecule has 0 amide bonds. The summed E-state index contributed by atoms with van der Waals surface area (Å²) in [6.45, 7) is 12.0. The first kappa shape index (κ1) is 22.5. The van der Waals surface area contributed by atoms with Gasteiger partial charge in [-0.1, -0.05) is 39.8 Å². The minimum Gasteiger partial charge on any atom is -0.478 e. The molecule has 164 valence electrons. The Kier molecular flexibility index (Phi) is 6.98. The van der Waals surface area contributed by atoms with Crippen LogP contribution >= 0.6 is 0 Å². The SMILES string of the molecule is CC(C)C1=C(CN2CCOCC2)C(c2ccc(F)cc2)=C(C(=O)O)C(C(C)C)N1C. The minimum absolute atomic E-state index is 0.107. The summed E-state index contributed by atoms with van der Waals surface area (Å²) in [5.41, 5.74) is 4.08. The van der Waals surface area contributed by atoms with Crippen LogP contribution in [0.5, 0.6) is 0 Å². The molecule has 1 aromatic carbocycles. The average molecular weight is 417 g/mol. The van der Waals surface area contributed by atoms with Crippen molar-refractivity contribution in [3.63, 3.8) is 0 Å². The van der Waals surface area contributed by atoms with Crippen molar-refractivity contribution in [3.05, 3.63) is 52.5 Å². The predicted octanol–water partition coefficient (Wildman–Crippen LogP) is 3.88. The van der Waals surface area contributed by atoms with Gasteiger partial charge >= 0.3 is 5.97 Å². The molecule has 0 saturated carbocycles. The van der Waals surface area contributed by atoms with Crippen LogP contribution in [-0.2, 0) is 9.53 Å². The van der Waals surface area contributed by atoms with E-state index in [9.17, 15) is 14.3 Å². The minimum atomic E-state index is -0.915. The monoisotopic (exact) mass is 416 g/mol. The fraction of sp³-hybridized carbons (Fsp3) is 0.542. The third-order valence-electron chi connectivity index (χ3n) is 6.00. The summed E-state index contributed by atoms with van der Waals surface area (Å²) < 4.78 is 19.2. The van der Waals surface area contributed by atoms with E-state index in [1.165, 1.54) is 12.1 Å². The first-order valence-electron chi connectivity index (χ1n) is 10.7. The van der Waals surface area contributed by atoms with E-state index < -0.39 is 5.97 Å². The molecule has 0 radical (unpaired) electrons. The molecule has 0 aromatic heterocycles. The number of halogens is 1. The van der Waals surface area contributed by atoms with E-state index in [0.717, 1.165) is 35.5 Å². The second-order valence-electron chi connectivity index (χ2n) is 8.81. The van der Waals surface area contributed by atoms with E-state index in [0.29, 0.717) is 25.3 Å². The predicted molar refractivity (Wildman–Crippen MR) is 116 cm³/mol. The maximum Gasteiger partial charge on any atom is 0.334 e. The molecule has 1 aromatic rings. The average Bonchev–Trinajstić information content (AvgIpc) is 2.68. The number of ether oxygens (including phenoxy) is 1. The fourth-order valence-electron chi connectivity index (χ4n) is 4.85. The van der Waals surface area contributed by atoms with Gasteiger partial charge in [0.05, 0.1) is 24.8 Å². The normalized spacial score (nSPS) is 21.2. The van der Waals surface area contributed by atoms with Gasteiger partial charge in [-0.25, -0.2) is 9.18 Å². The van der Waals surface area contributed by atoms with Gasteiger partial charge in [-0.3, -0.25) is 4.90 Å². The molecule has 1 unspecified atom stereocenters. The van der Waals surface area contributed by atoms with E-state index in [4.69, 9.17) is 4.74 Å². The number of benzene rings is 1. The van der Waals surface area contributed by atoms with Crippen molar-refractivity contribution in [2.45, 2.75) is 33.7 Å². The molecular formula is C24H33FN2O3. The van der Waals surface area contributed by atoms with E-state index in [1.807, 2.05) is 7.05 Å². The molecule has 1 fully saturated rings. The number of morpholine rings is 1. The summed E-state index contributed by atoms with van der Waals surface area (Å²) in [5.74, 6) is -0.914. The third kappa shape index (κ3) is 4.44. The second-order valence-corrected chi connectivity index (χ2v) is 8.81. The number of likely N-dealkylation sites (N-methyl/N-ethyl adjacent to an activating group) is 1. The van der Waals surface area contributed by atoms with Gasteiger partial charge in [-0.05, 0) is 35.1 Å². The molecule has 1 N–H and O–H groups in total. The fourth-order valence-corrected chi connectivity index (χ4v) is 4.85. The molecule has 1 atom stereocenters. The molecule has 5 nitrogen and oxygen atoms in total. The largest absolute Gasteiger partial charge is 0.478 e. The number of carboxylic acids is 1. The van der Waals surface area contributed by atoms with Gasteiger partial charge in [0.15, 0.2) is 0 Å². The van der Waals surface area contributed by atoms with Gasteiger partial charge in [-0.2, -0.15) is 0 Å². The lowest BCUT2D eigenvalue weighted by atomic mass is 9.78. The number of nitrogens with zero attached hydrogens (tertiary/aromatic N) is 2. The van der Waals surface area contributed by atoms with Crippen molar-refractivity contribution in [2.75, 3.05) is 39.9 Å². The zero-order chi connectivity index (χ0) is 22.0. The van der Waals surface area contributed by atoms with Crippen LogP contribution < -0.4 is 0 Å². The summed E-state index contributed by atoms with van der Waals surface area (Å²) in [6.07, 6.45) is 0. The van der Waals surface area contributed by atoms with Crippen LogP contribution in [0.2, 0.25) is 0 Å².